The smallest absolute Gasteiger partial charge is 0.112 e. The summed E-state index contributed by atoms with van der Waals surface area (Å²) in [6, 6.07) is 14.4. The minimum Gasteiger partial charge on any atom is -0.126 e. The zero-order valence-corrected chi connectivity index (χ0v) is 28.9. The molecule has 0 aromatic heterocycles. The third-order valence-electron chi connectivity index (χ3n) is 7.01. The molecule has 0 saturated carbocycles. The van der Waals surface area contributed by atoms with Crippen LogP contribution in [0.1, 0.15) is 106 Å². The van der Waals surface area contributed by atoms with Gasteiger partial charge in [0.05, 0.1) is 0 Å². The van der Waals surface area contributed by atoms with Crippen molar-refractivity contribution in [3.63, 3.8) is 0 Å². The maximum Gasteiger partial charge on any atom is 0.112 e. The monoisotopic (exact) mass is 613 g/mol. The fourth-order valence-corrected chi connectivity index (χ4v) is 4.78. The van der Waals surface area contributed by atoms with Gasteiger partial charge in [-0.1, -0.05) is 121 Å². The van der Waals surface area contributed by atoms with Crippen molar-refractivity contribution < 1.29 is 26.2 Å². The van der Waals surface area contributed by atoms with E-state index in [0.29, 0.717) is 5.92 Å². The SMILES string of the molecule is CC(C)(Cl)Cl.CC1=CC(C(C)(C)C)=CC1c1cc(C(C)(C)C)cc2c1[cH-]c1ccc(C(C)(C)C)cc12.[Zr]. The molecule has 200 valence electrons. The van der Waals surface area contributed by atoms with Crippen molar-refractivity contribution in [1.82, 2.24) is 0 Å². The van der Waals surface area contributed by atoms with E-state index in [2.05, 4.69) is 118 Å². The number of fused-ring (bicyclic) bond motifs is 3. The Bertz CT molecular complexity index is 1320. The normalized spacial score (nSPS) is 16.8. The fraction of sp³-hybridized carbons (Fsp3) is 0.500. The van der Waals surface area contributed by atoms with Crippen LogP contribution in [-0.2, 0) is 37.0 Å². The minimum atomic E-state index is -0.556. The summed E-state index contributed by atoms with van der Waals surface area (Å²) in [4.78, 5) is 0. The summed E-state index contributed by atoms with van der Waals surface area (Å²) >= 11 is 10.6. The quantitative estimate of drug-likeness (QED) is 0.189. The van der Waals surface area contributed by atoms with Gasteiger partial charge in [-0.05, 0) is 48.5 Å². The number of benzene rings is 2. The summed E-state index contributed by atoms with van der Waals surface area (Å²) < 4.78 is -0.556. The Morgan fingerprint density at radius 3 is 1.68 bits per heavy atom. The van der Waals surface area contributed by atoms with Crippen LogP contribution in [0.25, 0.3) is 21.5 Å². The van der Waals surface area contributed by atoms with Crippen molar-refractivity contribution in [2.24, 2.45) is 5.41 Å². The molecule has 1 unspecified atom stereocenters. The molecular formula is C34H45Cl2Zr-. The van der Waals surface area contributed by atoms with Gasteiger partial charge in [-0.2, -0.15) is 0 Å². The Morgan fingerprint density at radius 1 is 0.703 bits per heavy atom. The molecule has 0 heterocycles. The molecule has 4 rings (SSSR count). The van der Waals surface area contributed by atoms with Gasteiger partial charge in [0.2, 0.25) is 0 Å². The number of hydrogen-bond acceptors (Lipinski definition) is 0. The molecule has 3 aromatic carbocycles. The van der Waals surface area contributed by atoms with Crippen LogP contribution in [0, 0.1) is 5.41 Å². The van der Waals surface area contributed by atoms with E-state index in [1.165, 1.54) is 49.4 Å². The molecule has 1 atom stereocenters. The number of rotatable bonds is 1. The topological polar surface area (TPSA) is 0 Å². The van der Waals surface area contributed by atoms with Crippen LogP contribution in [0.3, 0.4) is 0 Å². The number of halogens is 2. The summed E-state index contributed by atoms with van der Waals surface area (Å²) in [6.07, 6.45) is 4.93. The van der Waals surface area contributed by atoms with Crippen molar-refractivity contribution in [3.05, 3.63) is 76.4 Å². The first-order chi connectivity index (χ1) is 16.2. The molecule has 37 heavy (non-hydrogen) atoms. The first-order valence-corrected chi connectivity index (χ1v) is 13.9. The van der Waals surface area contributed by atoms with Crippen molar-refractivity contribution in [3.8, 4) is 0 Å². The molecule has 0 saturated heterocycles. The van der Waals surface area contributed by atoms with E-state index in [4.69, 9.17) is 23.2 Å². The van der Waals surface area contributed by atoms with Crippen LogP contribution in [-0.4, -0.2) is 4.33 Å². The Hall–Kier alpha value is -0.747. The number of alkyl halides is 2. The Morgan fingerprint density at radius 2 is 1.22 bits per heavy atom. The minimum absolute atomic E-state index is 0. The third kappa shape index (κ3) is 7.90. The van der Waals surface area contributed by atoms with E-state index in [0.717, 1.165) is 0 Å². The first-order valence-electron chi connectivity index (χ1n) is 13.1. The van der Waals surface area contributed by atoms with E-state index < -0.39 is 4.33 Å². The van der Waals surface area contributed by atoms with Crippen LogP contribution in [0.4, 0.5) is 0 Å². The van der Waals surface area contributed by atoms with Gasteiger partial charge in [0.1, 0.15) is 4.33 Å². The van der Waals surface area contributed by atoms with Crippen LogP contribution < -0.4 is 0 Å². The fourth-order valence-electron chi connectivity index (χ4n) is 4.78. The van der Waals surface area contributed by atoms with Gasteiger partial charge in [-0.15, -0.1) is 56.9 Å². The summed E-state index contributed by atoms with van der Waals surface area (Å²) in [5.74, 6) is 0.359. The molecule has 3 aromatic rings. The van der Waals surface area contributed by atoms with Crippen LogP contribution in [0.2, 0.25) is 0 Å². The second kappa shape index (κ2) is 11.0. The number of allylic oxidation sites excluding steroid dienone is 4. The zero-order chi connectivity index (χ0) is 27.4. The predicted octanol–water partition coefficient (Wildman–Crippen LogP) is 11.5. The van der Waals surface area contributed by atoms with Gasteiger partial charge in [0, 0.05) is 26.2 Å². The molecule has 0 nitrogen and oxygen atoms in total. The second-order valence-electron chi connectivity index (χ2n) is 14.0. The van der Waals surface area contributed by atoms with Gasteiger partial charge in [-0.3, -0.25) is 0 Å². The largest absolute Gasteiger partial charge is 0.126 e. The van der Waals surface area contributed by atoms with Gasteiger partial charge < -0.3 is 0 Å². The molecule has 0 spiro atoms. The van der Waals surface area contributed by atoms with Crippen molar-refractivity contribution in [1.29, 1.82) is 0 Å². The molecule has 0 radical (unpaired) electrons. The molecule has 1 aliphatic rings. The third-order valence-corrected chi connectivity index (χ3v) is 7.01. The first kappa shape index (κ1) is 32.5. The average molecular weight is 616 g/mol. The standard InChI is InChI=1S/C31H39.C3H6Cl2.Zr/c1-19-13-22(30(5,6)7)16-24(19)27-17-23(31(8,9)10)18-28-25-15-21(29(2,3)4)12-11-20(25)14-26(27)28;1-3(2,4)5;/h11-18,24H,1-10H3;1-2H3;/q-1;;. The molecular weight excluding hydrogens is 571 g/mol. The summed E-state index contributed by atoms with van der Waals surface area (Å²) in [5.41, 5.74) is 7.64. The van der Waals surface area contributed by atoms with Crippen molar-refractivity contribution in [2.45, 2.75) is 104 Å². The van der Waals surface area contributed by atoms with Crippen molar-refractivity contribution in [2.75, 3.05) is 0 Å². The Balaban J connectivity index is 0.000000734. The van der Waals surface area contributed by atoms with E-state index in [9.17, 15) is 0 Å². The maximum atomic E-state index is 5.30. The van der Waals surface area contributed by atoms with Crippen LogP contribution >= 0.6 is 23.2 Å². The van der Waals surface area contributed by atoms with Gasteiger partial charge in [0.15, 0.2) is 0 Å². The molecule has 0 fully saturated rings. The summed E-state index contributed by atoms with van der Waals surface area (Å²) in [5, 5.41) is 5.58. The molecule has 0 bridgehead atoms. The van der Waals surface area contributed by atoms with Gasteiger partial charge in [-0.25, -0.2) is 0 Å². The average Bonchev–Trinajstić information content (AvgIpc) is 3.24. The molecule has 0 aliphatic heterocycles. The molecule has 0 amide bonds. The number of hydrogen-bond donors (Lipinski definition) is 0. The van der Waals surface area contributed by atoms with E-state index in [1.807, 2.05) is 0 Å². The zero-order valence-electron chi connectivity index (χ0n) is 25.0. The Labute approximate surface area is 255 Å². The van der Waals surface area contributed by atoms with E-state index in [1.54, 1.807) is 13.8 Å². The molecule has 3 heteroatoms. The summed E-state index contributed by atoms with van der Waals surface area (Å²) in [7, 11) is 0. The summed E-state index contributed by atoms with van der Waals surface area (Å²) in [6.45, 7) is 26.6. The van der Waals surface area contributed by atoms with Crippen LogP contribution in [0.5, 0.6) is 0 Å². The van der Waals surface area contributed by atoms with Gasteiger partial charge in [0.25, 0.3) is 0 Å². The second-order valence-corrected chi connectivity index (χ2v) is 16.1. The van der Waals surface area contributed by atoms with Crippen LogP contribution in [0.15, 0.2) is 59.7 Å². The van der Waals surface area contributed by atoms with E-state index >= 15 is 0 Å². The maximum absolute atomic E-state index is 5.30. The predicted molar refractivity (Wildman–Crippen MR) is 164 cm³/mol. The van der Waals surface area contributed by atoms with Crippen molar-refractivity contribution >= 4 is 44.7 Å². The van der Waals surface area contributed by atoms with E-state index in [-0.39, 0.29) is 42.4 Å². The molecule has 0 N–H and O–H groups in total. The Kier molecular flexibility index (Phi) is 9.67. The van der Waals surface area contributed by atoms with Gasteiger partial charge >= 0.3 is 0 Å². The molecule has 1 aliphatic carbocycles.